The number of ether oxygens (including phenoxy) is 1. The smallest absolute Gasteiger partial charge is 0.257 e. The van der Waals surface area contributed by atoms with E-state index in [-0.39, 0.29) is 0 Å². The van der Waals surface area contributed by atoms with E-state index in [0.717, 1.165) is 11.3 Å². The van der Waals surface area contributed by atoms with Crippen LogP contribution in [0.25, 0.3) is 4.85 Å². The van der Waals surface area contributed by atoms with Crippen LogP contribution >= 0.6 is 0 Å². The summed E-state index contributed by atoms with van der Waals surface area (Å²) in [7, 11) is 1.54. The van der Waals surface area contributed by atoms with Crippen molar-refractivity contribution in [1.82, 2.24) is 5.16 Å². The van der Waals surface area contributed by atoms with Crippen molar-refractivity contribution in [2.75, 3.05) is 13.7 Å². The predicted octanol–water partition coefficient (Wildman–Crippen LogP) is 1.45. The van der Waals surface area contributed by atoms with E-state index >= 15 is 0 Å². The summed E-state index contributed by atoms with van der Waals surface area (Å²) in [5.74, 6) is 1.23. The van der Waals surface area contributed by atoms with Gasteiger partial charge in [0, 0.05) is 0 Å². The molecule has 0 bridgehead atoms. The minimum atomic E-state index is 0.443. The van der Waals surface area contributed by atoms with Gasteiger partial charge < -0.3 is 14.1 Å². The first kappa shape index (κ1) is 8.60. The minimum Gasteiger partial charge on any atom is -0.479 e. The van der Waals surface area contributed by atoms with Crippen LogP contribution in [0.2, 0.25) is 0 Å². The molecule has 0 fully saturated rings. The van der Waals surface area contributed by atoms with Crippen molar-refractivity contribution in [3.63, 3.8) is 0 Å². The monoisotopic (exact) mass is 166 g/mol. The summed E-state index contributed by atoms with van der Waals surface area (Å²) in [5.41, 5.74) is 0.897. The molecule has 1 heterocycles. The van der Waals surface area contributed by atoms with Gasteiger partial charge in [0.25, 0.3) is 5.88 Å². The molecule has 1 aromatic rings. The Morgan fingerprint density at radius 3 is 3.00 bits per heavy atom. The Hall–Kier alpha value is -1.50. The third kappa shape index (κ3) is 1.56. The van der Waals surface area contributed by atoms with Gasteiger partial charge in [-0.25, -0.2) is 6.57 Å². The molecule has 0 saturated carbocycles. The first-order valence-electron chi connectivity index (χ1n) is 3.62. The number of methoxy groups -OCH3 is 1. The lowest BCUT2D eigenvalue weighted by Gasteiger charge is -1.94. The van der Waals surface area contributed by atoms with Gasteiger partial charge in [0.1, 0.15) is 5.76 Å². The number of hydrogen-bond acceptors (Lipinski definition) is 3. The molecule has 0 aromatic carbocycles. The number of aromatic nitrogens is 1. The van der Waals surface area contributed by atoms with Crippen LogP contribution < -0.4 is 4.74 Å². The third-order valence-electron chi connectivity index (χ3n) is 1.62. The van der Waals surface area contributed by atoms with Gasteiger partial charge in [0.15, 0.2) is 0 Å². The van der Waals surface area contributed by atoms with Crippen molar-refractivity contribution in [1.29, 1.82) is 0 Å². The van der Waals surface area contributed by atoms with E-state index in [1.54, 1.807) is 7.11 Å². The van der Waals surface area contributed by atoms with Crippen LogP contribution in [0.15, 0.2) is 4.52 Å². The molecule has 0 saturated heterocycles. The van der Waals surface area contributed by atoms with Gasteiger partial charge in [-0.05, 0) is 12.1 Å². The van der Waals surface area contributed by atoms with Crippen LogP contribution in [0.1, 0.15) is 11.3 Å². The van der Waals surface area contributed by atoms with E-state index in [2.05, 4.69) is 10.0 Å². The molecule has 0 amide bonds. The number of nitrogens with zero attached hydrogens (tertiary/aromatic N) is 2. The van der Waals surface area contributed by atoms with Gasteiger partial charge in [-0.1, -0.05) is 0 Å². The van der Waals surface area contributed by atoms with Crippen LogP contribution in [0, 0.1) is 13.5 Å². The molecule has 0 aliphatic carbocycles. The highest BCUT2D eigenvalue weighted by atomic mass is 16.5. The minimum absolute atomic E-state index is 0.443. The van der Waals surface area contributed by atoms with Crippen molar-refractivity contribution in [3.05, 3.63) is 22.7 Å². The lowest BCUT2D eigenvalue weighted by molar-refractivity contribution is 0.331. The van der Waals surface area contributed by atoms with E-state index in [4.69, 9.17) is 15.8 Å². The van der Waals surface area contributed by atoms with Gasteiger partial charge in [0.05, 0.1) is 19.1 Å². The van der Waals surface area contributed by atoms with Crippen LogP contribution in [-0.4, -0.2) is 18.8 Å². The number of aryl methyl sites for hydroxylation is 1. The molecular weight excluding hydrogens is 156 g/mol. The summed E-state index contributed by atoms with van der Waals surface area (Å²) in [6.07, 6.45) is 0.641. The third-order valence-corrected chi connectivity index (χ3v) is 1.62. The van der Waals surface area contributed by atoms with Crippen molar-refractivity contribution >= 4 is 0 Å². The molecule has 4 heteroatoms. The van der Waals surface area contributed by atoms with E-state index < -0.39 is 0 Å². The zero-order valence-corrected chi connectivity index (χ0v) is 7.13. The summed E-state index contributed by atoms with van der Waals surface area (Å²) in [6, 6.07) is 0. The second kappa shape index (κ2) is 3.77. The molecule has 1 rings (SSSR count). The van der Waals surface area contributed by atoms with Crippen molar-refractivity contribution < 1.29 is 9.26 Å². The second-order valence-electron chi connectivity index (χ2n) is 2.36. The normalized spacial score (nSPS) is 9.42. The maximum atomic E-state index is 6.64. The Balaban J connectivity index is 2.81. The Labute approximate surface area is 70.9 Å². The van der Waals surface area contributed by atoms with Gasteiger partial charge in [-0.2, -0.15) is 0 Å². The molecule has 0 spiro atoms. The lowest BCUT2D eigenvalue weighted by atomic mass is 10.2. The topological polar surface area (TPSA) is 39.6 Å². The number of hydrogen-bond donors (Lipinski definition) is 0. The summed E-state index contributed by atoms with van der Waals surface area (Å²) in [6.45, 7) is 8.89. The van der Waals surface area contributed by atoms with Gasteiger partial charge in [-0.3, -0.25) is 0 Å². The summed E-state index contributed by atoms with van der Waals surface area (Å²) in [5, 5.41) is 3.69. The van der Waals surface area contributed by atoms with Crippen LogP contribution in [0.5, 0.6) is 5.88 Å². The second-order valence-corrected chi connectivity index (χ2v) is 2.36. The first-order valence-corrected chi connectivity index (χ1v) is 3.62. The average molecular weight is 166 g/mol. The van der Waals surface area contributed by atoms with Crippen LogP contribution in [-0.2, 0) is 6.42 Å². The van der Waals surface area contributed by atoms with Gasteiger partial charge in [-0.15, -0.1) is 0 Å². The van der Waals surface area contributed by atoms with Crippen molar-refractivity contribution in [3.8, 4) is 5.88 Å². The summed E-state index contributed by atoms with van der Waals surface area (Å²) >= 11 is 0. The Kier molecular flexibility index (Phi) is 2.70. The van der Waals surface area contributed by atoms with Gasteiger partial charge in [0.2, 0.25) is 6.54 Å². The van der Waals surface area contributed by atoms with E-state index in [0.29, 0.717) is 18.8 Å². The highest BCUT2D eigenvalue weighted by Gasteiger charge is 2.13. The van der Waals surface area contributed by atoms with Crippen LogP contribution in [0.4, 0.5) is 0 Å². The van der Waals surface area contributed by atoms with E-state index in [1.165, 1.54) is 0 Å². The largest absolute Gasteiger partial charge is 0.479 e. The Morgan fingerprint density at radius 2 is 2.42 bits per heavy atom. The van der Waals surface area contributed by atoms with E-state index in [1.807, 2.05) is 6.92 Å². The van der Waals surface area contributed by atoms with Crippen molar-refractivity contribution in [2.45, 2.75) is 13.3 Å². The zero-order valence-electron chi connectivity index (χ0n) is 7.13. The standard InChI is InChI=1S/C8H10N2O2/c1-6-7(4-5-9-2)8(11-3)10-12-6/h4-5H2,1,3H3. The lowest BCUT2D eigenvalue weighted by Crippen LogP contribution is -1.92. The maximum Gasteiger partial charge on any atom is 0.257 e. The summed E-state index contributed by atoms with van der Waals surface area (Å²) in [4.78, 5) is 3.25. The van der Waals surface area contributed by atoms with Crippen molar-refractivity contribution in [2.24, 2.45) is 0 Å². The molecular formula is C8H10N2O2. The summed E-state index contributed by atoms with van der Waals surface area (Å²) < 4.78 is 9.86. The fraction of sp³-hybridized carbons (Fsp3) is 0.500. The SMILES string of the molecule is [C-]#[N+]CCc1c(OC)noc1C. The Morgan fingerprint density at radius 1 is 1.67 bits per heavy atom. The van der Waals surface area contributed by atoms with E-state index in [9.17, 15) is 0 Å². The molecule has 0 unspecified atom stereocenters. The zero-order chi connectivity index (χ0) is 8.97. The van der Waals surface area contributed by atoms with Crippen LogP contribution in [0.3, 0.4) is 0 Å². The Bertz CT molecular complexity index is 298. The fourth-order valence-electron chi connectivity index (χ4n) is 0.982. The molecule has 12 heavy (non-hydrogen) atoms. The van der Waals surface area contributed by atoms with Gasteiger partial charge >= 0.3 is 0 Å². The fourth-order valence-corrected chi connectivity index (χ4v) is 0.982. The number of rotatable bonds is 3. The molecule has 4 nitrogen and oxygen atoms in total. The molecule has 0 aliphatic rings. The molecule has 0 N–H and O–H groups in total. The highest BCUT2D eigenvalue weighted by Crippen LogP contribution is 2.20. The molecule has 64 valence electrons. The predicted molar refractivity (Wildman–Crippen MR) is 43.0 cm³/mol. The maximum absolute atomic E-state index is 6.64. The first-order chi connectivity index (χ1) is 5.79. The molecule has 0 aliphatic heterocycles. The average Bonchev–Trinajstić information content (AvgIpc) is 2.43. The molecule has 0 atom stereocenters. The molecule has 0 radical (unpaired) electrons. The molecule has 1 aromatic heterocycles. The quantitative estimate of drug-likeness (QED) is 0.638. The highest BCUT2D eigenvalue weighted by molar-refractivity contribution is 5.27.